The summed E-state index contributed by atoms with van der Waals surface area (Å²) in [5, 5.41) is 5.33. The van der Waals surface area contributed by atoms with E-state index in [4.69, 9.17) is 20.8 Å². The van der Waals surface area contributed by atoms with Crippen LogP contribution in [0, 0.1) is 0 Å². The molecule has 0 unspecified atom stereocenters. The minimum Gasteiger partial charge on any atom is -0.495 e. The number of methoxy groups -OCH3 is 1. The summed E-state index contributed by atoms with van der Waals surface area (Å²) in [4.78, 5) is 29.6. The van der Waals surface area contributed by atoms with Gasteiger partial charge in [0, 0.05) is 31.9 Å². The van der Waals surface area contributed by atoms with Gasteiger partial charge in [-0.1, -0.05) is 35.9 Å². The van der Waals surface area contributed by atoms with E-state index in [1.54, 1.807) is 30.2 Å². The summed E-state index contributed by atoms with van der Waals surface area (Å²) in [6.07, 6.45) is 1.50. The van der Waals surface area contributed by atoms with Gasteiger partial charge in [0.2, 0.25) is 0 Å². The fraction of sp³-hybridized carbons (Fsp3) is 0.185. The van der Waals surface area contributed by atoms with Crippen LogP contribution in [0.1, 0.15) is 20.9 Å². The highest BCUT2D eigenvalue weighted by Gasteiger charge is 2.25. The van der Waals surface area contributed by atoms with E-state index in [1.807, 2.05) is 42.5 Å². The molecule has 0 atom stereocenters. The van der Waals surface area contributed by atoms with Gasteiger partial charge in [-0.25, -0.2) is 0 Å². The zero-order valence-corrected chi connectivity index (χ0v) is 21.8. The third-order valence-corrected chi connectivity index (χ3v) is 7.32. The number of carbonyl (C=O) groups excluding carboxylic acids is 2. The van der Waals surface area contributed by atoms with Crippen LogP contribution in [0.25, 0.3) is 10.8 Å². The smallest absolute Gasteiger partial charge is 0.289 e. The number of rotatable bonds is 5. The van der Waals surface area contributed by atoms with E-state index < -0.39 is 0 Å². The lowest BCUT2D eigenvalue weighted by Crippen LogP contribution is -2.48. The van der Waals surface area contributed by atoms with Crippen molar-refractivity contribution in [2.75, 3.05) is 43.5 Å². The Kier molecular flexibility index (Phi) is 6.89. The summed E-state index contributed by atoms with van der Waals surface area (Å²) in [5.41, 5.74) is 1.85. The van der Waals surface area contributed by atoms with Crippen molar-refractivity contribution in [1.82, 2.24) is 4.90 Å². The van der Waals surface area contributed by atoms with E-state index >= 15 is 0 Å². The minimum absolute atomic E-state index is 0.112. The predicted octanol–water partition coefficient (Wildman–Crippen LogP) is 6.07. The van der Waals surface area contributed by atoms with Crippen molar-refractivity contribution in [3.63, 3.8) is 0 Å². The molecule has 7 nitrogen and oxygen atoms in total. The van der Waals surface area contributed by atoms with Gasteiger partial charge in [-0.15, -0.1) is 0 Å². The molecule has 2 amide bonds. The highest BCUT2D eigenvalue weighted by molar-refractivity contribution is 9.10. The largest absolute Gasteiger partial charge is 0.495 e. The molecular weight excluding hydrogens is 546 g/mol. The Bertz CT molecular complexity index is 1430. The van der Waals surface area contributed by atoms with Crippen molar-refractivity contribution in [2.24, 2.45) is 0 Å². The standard InChI is InChI=1S/C27H23BrClN3O4/c1-35-25-20(15-17-5-2-3-6-19(17)24(25)28)26(33)30-18-8-9-22(21(29)16-18)31-10-12-32(13-11-31)27(34)23-7-4-14-36-23/h2-9,14-16H,10-13H2,1H3,(H,30,33). The number of nitrogens with zero attached hydrogens (tertiary/aromatic N) is 2. The SMILES string of the molecule is COc1c(C(=O)Nc2ccc(N3CCN(C(=O)c4ccco4)CC3)c(Cl)c2)cc2ccccc2c1Br. The van der Waals surface area contributed by atoms with Gasteiger partial charge in [-0.3, -0.25) is 9.59 Å². The van der Waals surface area contributed by atoms with Crippen molar-refractivity contribution in [1.29, 1.82) is 0 Å². The Morgan fingerprint density at radius 2 is 1.81 bits per heavy atom. The molecule has 1 fully saturated rings. The molecule has 3 aromatic carbocycles. The van der Waals surface area contributed by atoms with Crippen LogP contribution in [0.4, 0.5) is 11.4 Å². The summed E-state index contributed by atoms with van der Waals surface area (Å²) >= 11 is 10.2. The Labute approximate surface area is 221 Å². The second-order valence-corrected chi connectivity index (χ2v) is 9.57. The number of piperazine rings is 1. The first-order valence-corrected chi connectivity index (χ1v) is 12.6. The molecule has 0 aliphatic carbocycles. The lowest BCUT2D eigenvalue weighted by atomic mass is 10.0. The number of furan rings is 1. The first-order chi connectivity index (χ1) is 17.5. The number of anilines is 2. The number of fused-ring (bicyclic) bond motifs is 1. The fourth-order valence-corrected chi connectivity index (χ4v) is 5.44. The number of benzene rings is 3. The molecule has 5 rings (SSSR count). The van der Waals surface area contributed by atoms with Crippen LogP contribution in [0.5, 0.6) is 5.75 Å². The van der Waals surface area contributed by atoms with Crippen LogP contribution >= 0.6 is 27.5 Å². The molecule has 0 radical (unpaired) electrons. The van der Waals surface area contributed by atoms with Crippen LogP contribution in [0.3, 0.4) is 0 Å². The molecule has 1 saturated heterocycles. The van der Waals surface area contributed by atoms with Gasteiger partial charge in [0.15, 0.2) is 5.76 Å². The molecule has 1 aliphatic heterocycles. The van der Waals surface area contributed by atoms with Crippen molar-refractivity contribution in [3.05, 3.63) is 87.7 Å². The van der Waals surface area contributed by atoms with Crippen LogP contribution in [-0.4, -0.2) is 50.0 Å². The zero-order chi connectivity index (χ0) is 25.2. The molecular formula is C27H23BrClN3O4. The van der Waals surface area contributed by atoms with E-state index in [9.17, 15) is 9.59 Å². The molecule has 0 saturated carbocycles. The fourth-order valence-electron chi connectivity index (χ4n) is 4.40. The molecule has 1 N–H and O–H groups in total. The normalized spacial score (nSPS) is 13.6. The van der Waals surface area contributed by atoms with E-state index in [-0.39, 0.29) is 11.8 Å². The molecule has 9 heteroatoms. The topological polar surface area (TPSA) is 75.0 Å². The molecule has 0 spiro atoms. The number of hydrogen-bond acceptors (Lipinski definition) is 5. The second-order valence-electron chi connectivity index (χ2n) is 8.37. The Morgan fingerprint density at radius 3 is 2.50 bits per heavy atom. The summed E-state index contributed by atoms with van der Waals surface area (Å²) in [6.45, 7) is 2.40. The van der Waals surface area contributed by atoms with Crippen LogP contribution in [-0.2, 0) is 0 Å². The molecule has 4 aromatic rings. The maximum atomic E-state index is 13.2. The minimum atomic E-state index is -0.299. The molecule has 36 heavy (non-hydrogen) atoms. The molecule has 1 aromatic heterocycles. The van der Waals surface area contributed by atoms with Gasteiger partial charge in [-0.05, 0) is 63.1 Å². The Morgan fingerprint density at radius 1 is 1.03 bits per heavy atom. The summed E-state index contributed by atoms with van der Waals surface area (Å²) in [6, 6.07) is 18.4. The maximum absolute atomic E-state index is 13.2. The number of nitrogens with one attached hydrogen (secondary N) is 1. The second kappa shape index (κ2) is 10.2. The third-order valence-electron chi connectivity index (χ3n) is 6.23. The molecule has 2 heterocycles. The zero-order valence-electron chi connectivity index (χ0n) is 19.5. The van der Waals surface area contributed by atoms with Crippen molar-refractivity contribution in [2.45, 2.75) is 0 Å². The maximum Gasteiger partial charge on any atom is 0.289 e. The summed E-state index contributed by atoms with van der Waals surface area (Å²) in [7, 11) is 1.54. The quantitative estimate of drug-likeness (QED) is 0.316. The van der Waals surface area contributed by atoms with E-state index in [0.29, 0.717) is 54.0 Å². The van der Waals surface area contributed by atoms with Gasteiger partial charge in [0.25, 0.3) is 11.8 Å². The summed E-state index contributed by atoms with van der Waals surface area (Å²) in [5.74, 6) is 0.402. The summed E-state index contributed by atoms with van der Waals surface area (Å²) < 4.78 is 11.5. The van der Waals surface area contributed by atoms with E-state index in [1.165, 1.54) is 6.26 Å². The highest BCUT2D eigenvalue weighted by Crippen LogP contribution is 2.37. The van der Waals surface area contributed by atoms with Crippen molar-refractivity contribution < 1.29 is 18.7 Å². The predicted molar refractivity (Wildman–Crippen MR) is 144 cm³/mol. The highest BCUT2D eigenvalue weighted by atomic mass is 79.9. The van der Waals surface area contributed by atoms with Crippen molar-refractivity contribution >= 4 is 61.5 Å². The first kappa shape index (κ1) is 24.2. The molecule has 1 aliphatic rings. The van der Waals surface area contributed by atoms with Gasteiger partial charge in [-0.2, -0.15) is 0 Å². The van der Waals surface area contributed by atoms with Crippen LogP contribution in [0.2, 0.25) is 5.02 Å². The van der Waals surface area contributed by atoms with Gasteiger partial charge < -0.3 is 24.3 Å². The Hall–Kier alpha value is -3.49. The molecule has 184 valence electrons. The van der Waals surface area contributed by atoms with Gasteiger partial charge in [0.1, 0.15) is 5.75 Å². The average molecular weight is 569 g/mol. The average Bonchev–Trinajstić information content (AvgIpc) is 3.44. The monoisotopic (exact) mass is 567 g/mol. The Balaban J connectivity index is 1.29. The van der Waals surface area contributed by atoms with E-state index in [2.05, 4.69) is 26.1 Å². The van der Waals surface area contributed by atoms with Gasteiger partial charge in [0.05, 0.1) is 34.1 Å². The van der Waals surface area contributed by atoms with Crippen LogP contribution < -0.4 is 15.0 Å². The number of hydrogen-bond donors (Lipinski definition) is 1. The number of halogens is 2. The van der Waals surface area contributed by atoms with Gasteiger partial charge >= 0.3 is 0 Å². The molecule has 0 bridgehead atoms. The number of ether oxygens (including phenoxy) is 1. The number of amides is 2. The number of carbonyl (C=O) groups is 2. The van der Waals surface area contributed by atoms with Crippen LogP contribution in [0.15, 0.2) is 75.8 Å². The van der Waals surface area contributed by atoms with Crippen molar-refractivity contribution in [3.8, 4) is 5.75 Å². The lowest BCUT2D eigenvalue weighted by Gasteiger charge is -2.36. The van der Waals surface area contributed by atoms with E-state index in [0.717, 1.165) is 20.9 Å². The first-order valence-electron chi connectivity index (χ1n) is 11.4. The lowest BCUT2D eigenvalue weighted by molar-refractivity contribution is 0.0714. The third kappa shape index (κ3) is 4.66.